The van der Waals surface area contributed by atoms with E-state index < -0.39 is 0 Å². The molecule has 1 saturated carbocycles. The number of carbonyl (C=O) groups excluding carboxylic acids is 1. The van der Waals surface area contributed by atoms with Crippen LogP contribution in [0, 0.1) is 5.92 Å². The van der Waals surface area contributed by atoms with Gasteiger partial charge in [-0.15, -0.1) is 0 Å². The zero-order valence-corrected chi connectivity index (χ0v) is 12.7. The van der Waals surface area contributed by atoms with Crippen LogP contribution < -0.4 is 10.6 Å². The van der Waals surface area contributed by atoms with E-state index >= 15 is 0 Å². The van der Waals surface area contributed by atoms with Gasteiger partial charge in [0.2, 0.25) is 5.91 Å². The SMILES string of the molecule is CSC1(CNC(=O)CC2CC3CCC(C2)N3)CCC1. The van der Waals surface area contributed by atoms with E-state index in [1.54, 1.807) is 0 Å². The lowest BCUT2D eigenvalue weighted by Gasteiger charge is -2.40. The molecule has 1 aliphatic carbocycles. The molecular weight excluding hydrogens is 256 g/mol. The Balaban J connectivity index is 1.41. The number of fused-ring (bicyclic) bond motifs is 2. The van der Waals surface area contributed by atoms with Crippen molar-refractivity contribution >= 4 is 17.7 Å². The van der Waals surface area contributed by atoms with Crippen molar-refractivity contribution in [1.82, 2.24) is 10.6 Å². The smallest absolute Gasteiger partial charge is 0.220 e. The van der Waals surface area contributed by atoms with Crippen LogP contribution in [-0.2, 0) is 4.79 Å². The molecule has 2 atom stereocenters. The highest BCUT2D eigenvalue weighted by Crippen LogP contribution is 2.42. The first-order chi connectivity index (χ1) is 9.19. The van der Waals surface area contributed by atoms with Crippen molar-refractivity contribution in [2.75, 3.05) is 12.8 Å². The lowest BCUT2D eigenvalue weighted by molar-refractivity contribution is -0.122. The zero-order valence-electron chi connectivity index (χ0n) is 11.9. The molecule has 0 aromatic carbocycles. The fraction of sp³-hybridized carbons (Fsp3) is 0.933. The molecule has 0 spiro atoms. The highest BCUT2D eigenvalue weighted by molar-refractivity contribution is 8.00. The first-order valence-corrected chi connectivity index (χ1v) is 8.99. The third-order valence-corrected chi connectivity index (χ3v) is 6.77. The van der Waals surface area contributed by atoms with Gasteiger partial charge >= 0.3 is 0 Å². The molecule has 3 fully saturated rings. The van der Waals surface area contributed by atoms with Crippen LogP contribution >= 0.6 is 11.8 Å². The monoisotopic (exact) mass is 282 g/mol. The first-order valence-electron chi connectivity index (χ1n) is 7.77. The second-order valence-electron chi connectivity index (χ2n) is 6.70. The largest absolute Gasteiger partial charge is 0.355 e. The van der Waals surface area contributed by atoms with Gasteiger partial charge in [0, 0.05) is 29.8 Å². The summed E-state index contributed by atoms with van der Waals surface area (Å²) in [5, 5.41) is 6.84. The minimum absolute atomic E-state index is 0.284. The lowest BCUT2D eigenvalue weighted by Crippen LogP contribution is -2.46. The second-order valence-corrected chi connectivity index (χ2v) is 7.97. The molecule has 0 aromatic rings. The third kappa shape index (κ3) is 3.10. The van der Waals surface area contributed by atoms with Gasteiger partial charge in [-0.2, -0.15) is 11.8 Å². The average molecular weight is 282 g/mol. The Labute approximate surface area is 120 Å². The second kappa shape index (κ2) is 5.65. The molecule has 2 saturated heterocycles. The van der Waals surface area contributed by atoms with Gasteiger partial charge in [0.25, 0.3) is 0 Å². The van der Waals surface area contributed by atoms with Crippen LogP contribution in [-0.4, -0.2) is 35.5 Å². The van der Waals surface area contributed by atoms with Crippen LogP contribution in [0.3, 0.4) is 0 Å². The molecule has 108 valence electrons. The number of hydrogen-bond donors (Lipinski definition) is 2. The number of thioether (sulfide) groups is 1. The van der Waals surface area contributed by atoms with Gasteiger partial charge in [0.15, 0.2) is 0 Å². The molecule has 4 heteroatoms. The molecule has 2 unspecified atom stereocenters. The Hall–Kier alpha value is -0.220. The molecule has 3 nitrogen and oxygen atoms in total. The summed E-state index contributed by atoms with van der Waals surface area (Å²) >= 11 is 1.93. The topological polar surface area (TPSA) is 41.1 Å². The van der Waals surface area contributed by atoms with E-state index in [0.29, 0.717) is 22.7 Å². The van der Waals surface area contributed by atoms with Crippen LogP contribution in [0.15, 0.2) is 0 Å². The molecular formula is C15H26N2OS. The minimum Gasteiger partial charge on any atom is -0.355 e. The Morgan fingerprint density at radius 1 is 1.32 bits per heavy atom. The molecule has 3 rings (SSSR count). The molecule has 2 heterocycles. The summed E-state index contributed by atoms with van der Waals surface area (Å²) in [6, 6.07) is 1.39. The highest BCUT2D eigenvalue weighted by Gasteiger charge is 2.37. The quantitative estimate of drug-likeness (QED) is 0.813. The van der Waals surface area contributed by atoms with Crippen LogP contribution in [0.25, 0.3) is 0 Å². The summed E-state index contributed by atoms with van der Waals surface area (Å²) in [6.45, 7) is 0.880. The van der Waals surface area contributed by atoms with Crippen molar-refractivity contribution in [2.24, 2.45) is 5.92 Å². The van der Waals surface area contributed by atoms with Crippen molar-refractivity contribution < 1.29 is 4.79 Å². The van der Waals surface area contributed by atoms with E-state index in [1.165, 1.54) is 44.9 Å². The summed E-state index contributed by atoms with van der Waals surface area (Å²) < 4.78 is 0.364. The summed E-state index contributed by atoms with van der Waals surface area (Å²) in [5.74, 6) is 0.900. The molecule has 2 aliphatic heterocycles. The number of amides is 1. The van der Waals surface area contributed by atoms with E-state index in [2.05, 4.69) is 16.9 Å². The number of piperidine rings is 1. The van der Waals surface area contributed by atoms with Gasteiger partial charge < -0.3 is 10.6 Å². The predicted molar refractivity (Wildman–Crippen MR) is 80.4 cm³/mol. The fourth-order valence-corrected chi connectivity index (χ4v) is 4.87. The van der Waals surface area contributed by atoms with Gasteiger partial charge in [-0.25, -0.2) is 0 Å². The van der Waals surface area contributed by atoms with Crippen molar-refractivity contribution in [1.29, 1.82) is 0 Å². The van der Waals surface area contributed by atoms with Crippen molar-refractivity contribution in [3.8, 4) is 0 Å². The first kappa shape index (κ1) is 13.7. The molecule has 3 aliphatic rings. The maximum Gasteiger partial charge on any atom is 0.220 e. The van der Waals surface area contributed by atoms with Crippen molar-refractivity contribution in [3.05, 3.63) is 0 Å². The Morgan fingerprint density at radius 2 is 2.00 bits per heavy atom. The summed E-state index contributed by atoms with van der Waals surface area (Å²) in [7, 11) is 0. The molecule has 0 radical (unpaired) electrons. The molecule has 2 N–H and O–H groups in total. The normalized spacial score (nSPS) is 35.7. The number of rotatable bonds is 5. The van der Waals surface area contributed by atoms with Crippen molar-refractivity contribution in [3.63, 3.8) is 0 Å². The number of nitrogens with one attached hydrogen (secondary N) is 2. The van der Waals surface area contributed by atoms with Gasteiger partial charge in [0.05, 0.1) is 0 Å². The maximum absolute atomic E-state index is 12.1. The third-order valence-electron chi connectivity index (χ3n) is 5.35. The summed E-state index contributed by atoms with van der Waals surface area (Å²) in [4.78, 5) is 12.1. The summed E-state index contributed by atoms with van der Waals surface area (Å²) in [5.41, 5.74) is 0. The Bertz CT molecular complexity index is 326. The predicted octanol–water partition coefficient (Wildman–Crippen LogP) is 2.31. The fourth-order valence-electron chi connectivity index (χ4n) is 3.96. The van der Waals surface area contributed by atoms with E-state index in [4.69, 9.17) is 0 Å². The number of hydrogen-bond acceptors (Lipinski definition) is 3. The molecule has 0 aromatic heterocycles. The highest BCUT2D eigenvalue weighted by atomic mass is 32.2. The van der Waals surface area contributed by atoms with E-state index in [1.807, 2.05) is 11.8 Å². The van der Waals surface area contributed by atoms with E-state index in [0.717, 1.165) is 13.0 Å². The van der Waals surface area contributed by atoms with Gasteiger partial charge in [-0.05, 0) is 50.7 Å². The minimum atomic E-state index is 0.284. The molecule has 2 bridgehead atoms. The van der Waals surface area contributed by atoms with Gasteiger partial charge in [0.1, 0.15) is 0 Å². The Morgan fingerprint density at radius 3 is 2.53 bits per heavy atom. The maximum atomic E-state index is 12.1. The Kier molecular flexibility index (Phi) is 4.08. The van der Waals surface area contributed by atoms with Crippen LogP contribution in [0.5, 0.6) is 0 Å². The number of carbonyl (C=O) groups is 1. The molecule has 19 heavy (non-hydrogen) atoms. The van der Waals surface area contributed by atoms with Gasteiger partial charge in [-0.1, -0.05) is 6.42 Å². The average Bonchev–Trinajstić information content (AvgIpc) is 2.68. The zero-order chi connectivity index (χ0) is 13.3. The van der Waals surface area contributed by atoms with E-state index in [-0.39, 0.29) is 5.91 Å². The van der Waals surface area contributed by atoms with E-state index in [9.17, 15) is 4.79 Å². The standard InChI is InChI=1S/C15H26N2OS/c1-19-15(5-2-6-15)10-16-14(18)9-11-7-12-3-4-13(8-11)17-12/h11-13,17H,2-10H2,1H3,(H,16,18). The van der Waals surface area contributed by atoms with Gasteiger partial charge in [-0.3, -0.25) is 4.79 Å². The van der Waals surface area contributed by atoms with Crippen molar-refractivity contribution in [2.45, 2.75) is 68.2 Å². The lowest BCUT2D eigenvalue weighted by atomic mass is 9.84. The summed E-state index contributed by atoms with van der Waals surface area (Å²) in [6.07, 6.45) is 11.8. The van der Waals surface area contributed by atoms with Crippen LogP contribution in [0.1, 0.15) is 51.4 Å². The molecule has 1 amide bonds. The van der Waals surface area contributed by atoms with Crippen LogP contribution in [0.4, 0.5) is 0 Å². The van der Waals surface area contributed by atoms with Crippen LogP contribution in [0.2, 0.25) is 0 Å².